The number of esters is 4. The molecule has 0 fully saturated rings. The first-order chi connectivity index (χ1) is 50.7. The molecule has 3 N–H and O–H groups in total. The molecule has 0 spiro atoms. The van der Waals surface area contributed by atoms with Crippen molar-refractivity contribution in [2.75, 3.05) is 39.6 Å². The SMILES string of the molecule is CCCCCCCCCCCC(=O)OC[C@H](COP(=O)(O)OC[C@H](O)COP(=O)(O)OC[C@@H](COC(=O)CCCCCCCCCCCCCCCCCCCCC(C)C)OC(=O)CCCCCCCCCCCCCCCCCCCCC(C)C)OC(=O)CCCCCCCCCCCCCC(C)C. The molecule has 2 unspecified atom stereocenters. The van der Waals surface area contributed by atoms with Gasteiger partial charge in [0.25, 0.3) is 0 Å². The summed E-state index contributed by atoms with van der Waals surface area (Å²) in [4.78, 5) is 73.1. The zero-order chi connectivity index (χ0) is 77.2. The monoisotopic (exact) mass is 1540 g/mol. The molecule has 0 aromatic carbocycles. The number of unbranched alkanes of at least 4 members (excludes halogenated alkanes) is 52. The van der Waals surface area contributed by atoms with Crippen LogP contribution in [0.15, 0.2) is 0 Å². The van der Waals surface area contributed by atoms with E-state index in [0.717, 1.165) is 108 Å². The highest BCUT2D eigenvalue weighted by atomic mass is 31.2. The number of rotatable bonds is 84. The van der Waals surface area contributed by atoms with Gasteiger partial charge in [0.05, 0.1) is 26.4 Å². The van der Waals surface area contributed by atoms with Crippen molar-refractivity contribution in [2.24, 2.45) is 17.8 Å². The van der Waals surface area contributed by atoms with E-state index in [1.54, 1.807) is 0 Å². The summed E-state index contributed by atoms with van der Waals surface area (Å²) >= 11 is 0. The van der Waals surface area contributed by atoms with Gasteiger partial charge in [-0.25, -0.2) is 9.13 Å². The minimum absolute atomic E-state index is 0.107. The van der Waals surface area contributed by atoms with Crippen molar-refractivity contribution in [1.29, 1.82) is 0 Å². The topological polar surface area (TPSA) is 237 Å². The maximum absolute atomic E-state index is 13.1. The molecule has 0 aromatic rings. The van der Waals surface area contributed by atoms with Crippen LogP contribution in [0, 0.1) is 17.8 Å². The van der Waals surface area contributed by atoms with E-state index >= 15 is 0 Å². The minimum Gasteiger partial charge on any atom is -0.462 e. The summed E-state index contributed by atoms with van der Waals surface area (Å²) in [7, 11) is -9.92. The number of phosphoric acid groups is 2. The van der Waals surface area contributed by atoms with Crippen molar-refractivity contribution in [1.82, 2.24) is 0 Å². The smallest absolute Gasteiger partial charge is 0.462 e. The Morgan fingerprint density at radius 1 is 0.257 bits per heavy atom. The average molecular weight is 1540 g/mol. The zero-order valence-electron chi connectivity index (χ0n) is 69.2. The van der Waals surface area contributed by atoms with E-state index in [2.05, 4.69) is 48.5 Å². The van der Waals surface area contributed by atoms with Gasteiger partial charge in [-0.3, -0.25) is 37.3 Å². The summed E-state index contributed by atoms with van der Waals surface area (Å²) in [6.07, 6.45) is 66.8. The van der Waals surface area contributed by atoms with Crippen LogP contribution < -0.4 is 0 Å². The van der Waals surface area contributed by atoms with Crippen LogP contribution in [0.25, 0.3) is 0 Å². The molecular formula is C86H168O17P2. The lowest BCUT2D eigenvalue weighted by molar-refractivity contribution is -0.161. The number of carbonyl (C=O) groups is 4. The highest BCUT2D eigenvalue weighted by Gasteiger charge is 2.30. The Kier molecular flexibility index (Phi) is 74.7. The summed E-state index contributed by atoms with van der Waals surface area (Å²) in [6, 6.07) is 0. The Bertz CT molecular complexity index is 2030. The first-order valence-corrected chi connectivity index (χ1v) is 47.3. The lowest BCUT2D eigenvalue weighted by atomic mass is 10.0. The van der Waals surface area contributed by atoms with E-state index in [9.17, 15) is 43.2 Å². The fourth-order valence-corrected chi connectivity index (χ4v) is 14.9. The van der Waals surface area contributed by atoms with Gasteiger partial charge in [0, 0.05) is 25.7 Å². The number of hydrogen-bond acceptors (Lipinski definition) is 15. The molecule has 0 saturated heterocycles. The van der Waals surface area contributed by atoms with Crippen molar-refractivity contribution >= 4 is 39.5 Å². The number of carbonyl (C=O) groups excluding carboxylic acids is 4. The standard InChI is InChI=1S/C86H168O17P2/c1-8-9-10-11-12-36-46-53-60-67-83(88)96-73-81(102-86(91)70-63-56-49-42-35-29-32-39-45-52-59-66-79(6)7)75-100-104(92,93)98-71-80(87)72-99-105(94,95)101-76-82(103-85(90)69-62-55-48-41-34-28-24-20-16-14-18-22-26-31-38-44-51-58-65-78(4)5)74-97-84(89)68-61-54-47-40-33-27-23-19-15-13-17-21-25-30-37-43-50-57-64-77(2)3/h77-82,87H,8-76H2,1-7H3,(H,92,93)(H,94,95)/t80-,81+,82+/m0/s1. The second kappa shape index (κ2) is 76.1. The van der Waals surface area contributed by atoms with E-state index in [1.165, 1.54) is 263 Å². The van der Waals surface area contributed by atoms with Crippen LogP contribution in [0.4, 0.5) is 0 Å². The van der Waals surface area contributed by atoms with Gasteiger partial charge in [-0.2, -0.15) is 0 Å². The predicted octanol–water partition coefficient (Wildman–Crippen LogP) is 26.1. The summed E-state index contributed by atoms with van der Waals surface area (Å²) in [5.41, 5.74) is 0. The molecule has 5 atom stereocenters. The molecule has 0 aliphatic carbocycles. The second-order valence-electron chi connectivity index (χ2n) is 32.4. The van der Waals surface area contributed by atoms with Crippen LogP contribution in [0.2, 0.25) is 0 Å². The van der Waals surface area contributed by atoms with Gasteiger partial charge in [0.2, 0.25) is 0 Å². The molecule has 17 nitrogen and oxygen atoms in total. The Hall–Kier alpha value is -1.94. The Morgan fingerprint density at radius 2 is 0.438 bits per heavy atom. The molecule has 624 valence electrons. The molecule has 0 heterocycles. The van der Waals surface area contributed by atoms with Gasteiger partial charge in [-0.15, -0.1) is 0 Å². The van der Waals surface area contributed by atoms with Crippen molar-refractivity contribution in [3.05, 3.63) is 0 Å². The molecule has 105 heavy (non-hydrogen) atoms. The van der Waals surface area contributed by atoms with Crippen LogP contribution >= 0.6 is 15.6 Å². The Balaban J connectivity index is 5.20. The maximum Gasteiger partial charge on any atom is 0.472 e. The first-order valence-electron chi connectivity index (χ1n) is 44.3. The Labute approximate surface area is 645 Å². The van der Waals surface area contributed by atoms with Gasteiger partial charge in [0.15, 0.2) is 12.2 Å². The van der Waals surface area contributed by atoms with E-state index in [1.807, 2.05) is 0 Å². The minimum atomic E-state index is -4.97. The molecule has 19 heteroatoms. The number of aliphatic hydroxyl groups excluding tert-OH is 1. The summed E-state index contributed by atoms with van der Waals surface area (Å²) in [6.45, 7) is 12.0. The van der Waals surface area contributed by atoms with Crippen LogP contribution in [-0.2, 0) is 65.4 Å². The van der Waals surface area contributed by atoms with Gasteiger partial charge in [-0.1, -0.05) is 402 Å². The highest BCUT2D eigenvalue weighted by Crippen LogP contribution is 2.45. The molecule has 0 amide bonds. The normalized spacial score (nSPS) is 13.9. The number of aliphatic hydroxyl groups is 1. The molecule has 0 radical (unpaired) electrons. The molecule has 0 aromatic heterocycles. The van der Waals surface area contributed by atoms with E-state index in [0.29, 0.717) is 25.7 Å². The summed E-state index contributed by atoms with van der Waals surface area (Å²) < 4.78 is 68.8. The highest BCUT2D eigenvalue weighted by molar-refractivity contribution is 7.47. The summed E-state index contributed by atoms with van der Waals surface area (Å²) in [5.74, 6) is 0.303. The zero-order valence-corrected chi connectivity index (χ0v) is 71.0. The fraction of sp³-hybridized carbons (Fsp3) is 0.953. The second-order valence-corrected chi connectivity index (χ2v) is 35.3. The van der Waals surface area contributed by atoms with Crippen molar-refractivity contribution in [3.63, 3.8) is 0 Å². The molecule has 0 aliphatic heterocycles. The quantitative estimate of drug-likeness (QED) is 0.0222. The number of ether oxygens (including phenoxy) is 4. The van der Waals surface area contributed by atoms with Crippen molar-refractivity contribution in [2.45, 2.75) is 471 Å². The van der Waals surface area contributed by atoms with Crippen molar-refractivity contribution < 1.29 is 80.2 Å². The number of phosphoric ester groups is 2. The molecule has 0 aliphatic rings. The lowest BCUT2D eigenvalue weighted by Gasteiger charge is -2.21. The van der Waals surface area contributed by atoms with Gasteiger partial charge in [-0.05, 0) is 43.4 Å². The third-order valence-corrected chi connectivity index (χ3v) is 22.0. The summed E-state index contributed by atoms with van der Waals surface area (Å²) in [5, 5.41) is 10.7. The van der Waals surface area contributed by atoms with Crippen LogP contribution in [0.5, 0.6) is 0 Å². The third-order valence-electron chi connectivity index (χ3n) is 20.1. The van der Waals surface area contributed by atoms with E-state index < -0.39 is 97.5 Å². The molecule has 0 saturated carbocycles. The first kappa shape index (κ1) is 103. The van der Waals surface area contributed by atoms with E-state index in [-0.39, 0.29) is 25.7 Å². The lowest BCUT2D eigenvalue weighted by Crippen LogP contribution is -2.30. The van der Waals surface area contributed by atoms with E-state index in [4.69, 9.17) is 37.0 Å². The molecular weight excluding hydrogens is 1370 g/mol. The van der Waals surface area contributed by atoms with Gasteiger partial charge < -0.3 is 33.8 Å². The number of hydrogen-bond donors (Lipinski definition) is 3. The molecule has 0 bridgehead atoms. The van der Waals surface area contributed by atoms with Crippen LogP contribution in [-0.4, -0.2) is 96.7 Å². The van der Waals surface area contributed by atoms with Crippen LogP contribution in [0.3, 0.4) is 0 Å². The molecule has 0 rings (SSSR count). The largest absolute Gasteiger partial charge is 0.472 e. The fourth-order valence-electron chi connectivity index (χ4n) is 13.4. The van der Waals surface area contributed by atoms with Gasteiger partial charge >= 0.3 is 39.5 Å². The Morgan fingerprint density at radius 3 is 0.648 bits per heavy atom. The average Bonchev–Trinajstić information content (AvgIpc) is 0.906. The van der Waals surface area contributed by atoms with Crippen LogP contribution in [0.1, 0.15) is 453 Å². The predicted molar refractivity (Wildman–Crippen MR) is 432 cm³/mol. The van der Waals surface area contributed by atoms with Gasteiger partial charge in [0.1, 0.15) is 19.3 Å². The van der Waals surface area contributed by atoms with Crippen molar-refractivity contribution in [3.8, 4) is 0 Å². The third kappa shape index (κ3) is 79.9. The maximum atomic E-state index is 13.1.